The maximum atomic E-state index is 4.38. The van der Waals surface area contributed by atoms with Crippen molar-refractivity contribution in [3.8, 4) is 0 Å². The fourth-order valence-corrected chi connectivity index (χ4v) is 2.29. The maximum Gasteiger partial charge on any atom is 0.138 e. The van der Waals surface area contributed by atoms with Crippen molar-refractivity contribution in [1.82, 2.24) is 20.1 Å². The van der Waals surface area contributed by atoms with Crippen molar-refractivity contribution in [3.63, 3.8) is 0 Å². The Morgan fingerprint density at radius 3 is 3.00 bits per heavy atom. The van der Waals surface area contributed by atoms with Gasteiger partial charge in [-0.15, -0.1) is 0 Å². The normalized spacial score (nSPS) is 26.0. The summed E-state index contributed by atoms with van der Waals surface area (Å²) in [4.78, 5) is 4.38. The molecule has 1 saturated carbocycles. The van der Waals surface area contributed by atoms with Gasteiger partial charge in [-0.3, -0.25) is 0 Å². The summed E-state index contributed by atoms with van der Waals surface area (Å²) in [5.74, 6) is 2.84. The topological polar surface area (TPSA) is 42.7 Å². The van der Waals surface area contributed by atoms with Crippen molar-refractivity contribution in [2.75, 3.05) is 13.1 Å². The molecule has 1 aromatic heterocycles. The van der Waals surface area contributed by atoms with Crippen LogP contribution in [0.5, 0.6) is 0 Å². The molecular formula is C11H18N4. The Balaban J connectivity index is 1.64. The average molecular weight is 206 g/mol. The van der Waals surface area contributed by atoms with Gasteiger partial charge in [-0.05, 0) is 44.2 Å². The van der Waals surface area contributed by atoms with Crippen LogP contribution in [0.15, 0.2) is 6.33 Å². The first-order chi connectivity index (χ1) is 7.42. The van der Waals surface area contributed by atoms with Crippen molar-refractivity contribution in [1.29, 1.82) is 0 Å². The van der Waals surface area contributed by atoms with Crippen LogP contribution in [-0.4, -0.2) is 27.9 Å². The fourth-order valence-electron chi connectivity index (χ4n) is 2.29. The van der Waals surface area contributed by atoms with Gasteiger partial charge in [-0.1, -0.05) is 0 Å². The van der Waals surface area contributed by atoms with Crippen LogP contribution in [-0.2, 0) is 13.0 Å². The molecule has 1 aliphatic carbocycles. The first kappa shape index (κ1) is 9.33. The Morgan fingerprint density at radius 1 is 1.33 bits per heavy atom. The SMILES string of the molecule is c1nc(CC2CCNC2)n(CC2CC2)n1. The highest BCUT2D eigenvalue weighted by Gasteiger charge is 2.24. The van der Waals surface area contributed by atoms with E-state index in [1.807, 2.05) is 0 Å². The predicted molar refractivity (Wildman–Crippen MR) is 57.4 cm³/mol. The molecule has 1 aromatic rings. The van der Waals surface area contributed by atoms with E-state index in [0.29, 0.717) is 0 Å². The molecule has 0 radical (unpaired) electrons. The third kappa shape index (κ3) is 2.20. The molecule has 1 unspecified atom stereocenters. The molecule has 82 valence electrons. The van der Waals surface area contributed by atoms with E-state index in [2.05, 4.69) is 20.1 Å². The minimum Gasteiger partial charge on any atom is -0.316 e. The fraction of sp³-hybridized carbons (Fsp3) is 0.818. The van der Waals surface area contributed by atoms with Crippen LogP contribution in [0.2, 0.25) is 0 Å². The van der Waals surface area contributed by atoms with E-state index in [-0.39, 0.29) is 0 Å². The first-order valence-corrected chi connectivity index (χ1v) is 5.99. The number of hydrogen-bond donors (Lipinski definition) is 1. The molecule has 1 aliphatic heterocycles. The van der Waals surface area contributed by atoms with Gasteiger partial charge < -0.3 is 5.32 Å². The zero-order valence-corrected chi connectivity index (χ0v) is 9.02. The van der Waals surface area contributed by atoms with Gasteiger partial charge in [0.2, 0.25) is 0 Å². The molecule has 0 aromatic carbocycles. The molecule has 1 saturated heterocycles. The molecule has 2 aliphatic rings. The van der Waals surface area contributed by atoms with Crippen LogP contribution < -0.4 is 5.32 Å². The molecule has 15 heavy (non-hydrogen) atoms. The summed E-state index contributed by atoms with van der Waals surface area (Å²) in [7, 11) is 0. The largest absolute Gasteiger partial charge is 0.316 e. The highest BCUT2D eigenvalue weighted by molar-refractivity contribution is 4.91. The lowest BCUT2D eigenvalue weighted by Gasteiger charge is -2.09. The highest BCUT2D eigenvalue weighted by atomic mass is 15.3. The van der Waals surface area contributed by atoms with E-state index in [4.69, 9.17) is 0 Å². The molecular weight excluding hydrogens is 188 g/mol. The zero-order chi connectivity index (χ0) is 10.1. The van der Waals surface area contributed by atoms with Crippen LogP contribution in [0.3, 0.4) is 0 Å². The van der Waals surface area contributed by atoms with Gasteiger partial charge in [0.1, 0.15) is 12.2 Å². The van der Waals surface area contributed by atoms with Crippen LogP contribution in [0.4, 0.5) is 0 Å². The van der Waals surface area contributed by atoms with Gasteiger partial charge in [-0.2, -0.15) is 5.10 Å². The molecule has 0 spiro atoms. The third-order valence-electron chi connectivity index (χ3n) is 3.46. The average Bonchev–Trinajstić information content (AvgIpc) is 2.75. The van der Waals surface area contributed by atoms with E-state index < -0.39 is 0 Å². The molecule has 0 bridgehead atoms. The van der Waals surface area contributed by atoms with Crippen molar-refractivity contribution >= 4 is 0 Å². The second-order valence-electron chi connectivity index (χ2n) is 4.86. The third-order valence-corrected chi connectivity index (χ3v) is 3.46. The van der Waals surface area contributed by atoms with E-state index >= 15 is 0 Å². The molecule has 0 amide bonds. The van der Waals surface area contributed by atoms with Crippen molar-refractivity contribution in [2.45, 2.75) is 32.2 Å². The predicted octanol–water partition coefficient (Wildman–Crippen LogP) is 0.840. The Labute approximate surface area is 90.1 Å². The first-order valence-electron chi connectivity index (χ1n) is 5.99. The summed E-state index contributed by atoms with van der Waals surface area (Å²) in [5, 5.41) is 7.72. The number of hydrogen-bond acceptors (Lipinski definition) is 3. The summed E-state index contributed by atoms with van der Waals surface area (Å²) in [6, 6.07) is 0. The second kappa shape index (κ2) is 3.93. The van der Waals surface area contributed by atoms with Gasteiger partial charge >= 0.3 is 0 Å². The number of aromatic nitrogens is 3. The van der Waals surface area contributed by atoms with E-state index in [1.165, 1.54) is 31.6 Å². The molecule has 3 rings (SSSR count). The monoisotopic (exact) mass is 206 g/mol. The Kier molecular flexibility index (Phi) is 2.44. The van der Waals surface area contributed by atoms with Gasteiger partial charge in [-0.25, -0.2) is 9.67 Å². The van der Waals surface area contributed by atoms with E-state index in [0.717, 1.165) is 31.3 Å². The van der Waals surface area contributed by atoms with Gasteiger partial charge in [0, 0.05) is 13.0 Å². The van der Waals surface area contributed by atoms with Crippen LogP contribution in [0.25, 0.3) is 0 Å². The highest BCUT2D eigenvalue weighted by Crippen LogP contribution is 2.30. The molecule has 2 heterocycles. The van der Waals surface area contributed by atoms with Gasteiger partial charge in [0.25, 0.3) is 0 Å². The molecule has 1 N–H and O–H groups in total. The summed E-state index contributed by atoms with van der Waals surface area (Å²) >= 11 is 0. The van der Waals surface area contributed by atoms with Gasteiger partial charge in [0.15, 0.2) is 0 Å². The summed E-state index contributed by atoms with van der Waals surface area (Å²) < 4.78 is 2.12. The van der Waals surface area contributed by atoms with Crippen LogP contribution >= 0.6 is 0 Å². The van der Waals surface area contributed by atoms with Gasteiger partial charge in [0.05, 0.1) is 0 Å². The Hall–Kier alpha value is -0.900. The smallest absolute Gasteiger partial charge is 0.138 e. The Bertz CT molecular complexity index is 323. The summed E-state index contributed by atoms with van der Waals surface area (Å²) in [6.45, 7) is 3.41. The standard InChI is InChI=1S/C11H18N4/c1-2-9(1)7-15-11(13-8-14-15)5-10-3-4-12-6-10/h8-10,12H,1-7H2. The van der Waals surface area contributed by atoms with Crippen molar-refractivity contribution in [2.24, 2.45) is 11.8 Å². The Morgan fingerprint density at radius 2 is 2.27 bits per heavy atom. The van der Waals surface area contributed by atoms with Crippen LogP contribution in [0, 0.1) is 11.8 Å². The van der Waals surface area contributed by atoms with Crippen molar-refractivity contribution < 1.29 is 0 Å². The molecule has 1 atom stereocenters. The summed E-state index contributed by atoms with van der Waals surface area (Å²) in [6.07, 6.45) is 6.85. The minimum atomic E-state index is 0.771. The number of rotatable bonds is 4. The lowest BCUT2D eigenvalue weighted by atomic mass is 10.0. The number of nitrogens with one attached hydrogen (secondary N) is 1. The lowest BCUT2D eigenvalue weighted by Crippen LogP contribution is -2.15. The molecule has 2 fully saturated rings. The zero-order valence-electron chi connectivity index (χ0n) is 9.02. The molecule has 4 heteroatoms. The van der Waals surface area contributed by atoms with Crippen LogP contribution in [0.1, 0.15) is 25.1 Å². The van der Waals surface area contributed by atoms with E-state index in [1.54, 1.807) is 6.33 Å². The minimum absolute atomic E-state index is 0.771. The molecule has 4 nitrogen and oxygen atoms in total. The lowest BCUT2D eigenvalue weighted by molar-refractivity contribution is 0.491. The summed E-state index contributed by atoms with van der Waals surface area (Å²) in [5.41, 5.74) is 0. The quantitative estimate of drug-likeness (QED) is 0.794. The maximum absolute atomic E-state index is 4.38. The second-order valence-corrected chi connectivity index (χ2v) is 4.86. The number of nitrogens with zero attached hydrogens (tertiary/aromatic N) is 3. The van der Waals surface area contributed by atoms with E-state index in [9.17, 15) is 0 Å². The van der Waals surface area contributed by atoms with Crippen molar-refractivity contribution in [3.05, 3.63) is 12.2 Å².